The monoisotopic (exact) mass is 166 g/mol. The number of carbonyl (C=O) groups is 1. The van der Waals surface area contributed by atoms with E-state index in [4.69, 9.17) is 9.47 Å². The van der Waals surface area contributed by atoms with Gasteiger partial charge in [0, 0.05) is 0 Å². The Bertz CT molecular complexity index is 238. The van der Waals surface area contributed by atoms with Gasteiger partial charge in [0.15, 0.2) is 0 Å². The molecule has 3 nitrogen and oxygen atoms in total. The van der Waals surface area contributed by atoms with E-state index in [1.54, 1.807) is 12.2 Å². The molecule has 1 aliphatic heterocycles. The fourth-order valence-electron chi connectivity index (χ4n) is 0.752. The molecule has 0 aromatic carbocycles. The average molecular weight is 166 g/mol. The van der Waals surface area contributed by atoms with E-state index in [9.17, 15) is 4.79 Å². The summed E-state index contributed by atoms with van der Waals surface area (Å²) in [6.45, 7) is 4.10. The molecule has 0 aromatic rings. The van der Waals surface area contributed by atoms with E-state index >= 15 is 0 Å². The van der Waals surface area contributed by atoms with Crippen molar-refractivity contribution in [3.8, 4) is 0 Å². The lowest BCUT2D eigenvalue weighted by molar-refractivity contribution is -0.137. The van der Waals surface area contributed by atoms with Crippen LogP contribution in [0.3, 0.4) is 0 Å². The van der Waals surface area contributed by atoms with Crippen LogP contribution in [-0.2, 0) is 14.3 Å². The largest absolute Gasteiger partial charge is 0.497 e. The first kappa shape index (κ1) is 8.59. The number of rotatable bonds is 3. The molecule has 1 aliphatic rings. The van der Waals surface area contributed by atoms with E-state index < -0.39 is 0 Å². The minimum atomic E-state index is -0.338. The lowest BCUT2D eigenvalue weighted by atomic mass is 10.2. The quantitative estimate of drug-likeness (QED) is 0.466. The van der Waals surface area contributed by atoms with Gasteiger partial charge in [0.2, 0.25) is 0 Å². The first-order chi connectivity index (χ1) is 5.84. The van der Waals surface area contributed by atoms with Crippen LogP contribution in [0.15, 0.2) is 36.6 Å². The second kappa shape index (κ2) is 4.38. The Morgan fingerprint density at radius 3 is 3.25 bits per heavy atom. The maximum absolute atomic E-state index is 11.1. The van der Waals surface area contributed by atoms with Crippen molar-refractivity contribution in [2.75, 3.05) is 13.2 Å². The van der Waals surface area contributed by atoms with Crippen molar-refractivity contribution in [1.82, 2.24) is 0 Å². The molecular formula is C9H10O3. The Labute approximate surface area is 71.0 Å². The molecule has 12 heavy (non-hydrogen) atoms. The average Bonchev–Trinajstić information content (AvgIpc) is 2.15. The summed E-state index contributed by atoms with van der Waals surface area (Å²) >= 11 is 0. The van der Waals surface area contributed by atoms with E-state index in [2.05, 4.69) is 6.58 Å². The van der Waals surface area contributed by atoms with Crippen LogP contribution in [0.1, 0.15) is 0 Å². The molecule has 0 fully saturated rings. The highest BCUT2D eigenvalue weighted by atomic mass is 16.5. The topological polar surface area (TPSA) is 35.5 Å². The second-order valence-corrected chi connectivity index (χ2v) is 2.18. The molecule has 0 N–H and O–H groups in total. The molecule has 0 radical (unpaired) electrons. The van der Waals surface area contributed by atoms with Gasteiger partial charge in [0.25, 0.3) is 0 Å². The highest BCUT2D eigenvalue weighted by molar-refractivity contribution is 5.91. The highest BCUT2D eigenvalue weighted by Crippen LogP contribution is 2.05. The molecule has 64 valence electrons. The van der Waals surface area contributed by atoms with Crippen LogP contribution in [0, 0.1) is 0 Å². The number of hydrogen-bond donors (Lipinski definition) is 0. The smallest absolute Gasteiger partial charge is 0.338 e. The number of esters is 1. The third-order valence-corrected chi connectivity index (χ3v) is 1.31. The first-order valence-electron chi connectivity index (χ1n) is 3.61. The summed E-state index contributed by atoms with van der Waals surface area (Å²) < 4.78 is 9.67. The molecule has 0 saturated carbocycles. The third kappa shape index (κ3) is 2.27. The van der Waals surface area contributed by atoms with Crippen LogP contribution < -0.4 is 0 Å². The Kier molecular flexibility index (Phi) is 3.14. The zero-order chi connectivity index (χ0) is 8.81. The first-order valence-corrected chi connectivity index (χ1v) is 3.61. The van der Waals surface area contributed by atoms with Gasteiger partial charge in [0.05, 0.1) is 11.8 Å². The molecule has 0 unspecified atom stereocenters. The molecule has 0 atom stereocenters. The molecule has 3 heteroatoms. The second-order valence-electron chi connectivity index (χ2n) is 2.18. The fraction of sp³-hybridized carbons (Fsp3) is 0.222. The van der Waals surface area contributed by atoms with Crippen molar-refractivity contribution in [3.05, 3.63) is 36.6 Å². The standard InChI is InChI=1S/C9H10O3/c1-2-5-12-9(10)8-3-6-11-7-4-8/h2-4,6H,1,5,7H2. The minimum Gasteiger partial charge on any atom is -0.497 e. The van der Waals surface area contributed by atoms with Crippen LogP contribution in [0.5, 0.6) is 0 Å². The molecule has 0 spiro atoms. The predicted octanol–water partition coefficient (Wildman–Crippen LogP) is 1.19. The zero-order valence-electron chi connectivity index (χ0n) is 6.66. The van der Waals surface area contributed by atoms with Crippen molar-refractivity contribution in [1.29, 1.82) is 0 Å². The Balaban J connectivity index is 2.46. The van der Waals surface area contributed by atoms with Crippen LogP contribution >= 0.6 is 0 Å². The lowest BCUT2D eigenvalue weighted by Crippen LogP contribution is -2.09. The van der Waals surface area contributed by atoms with E-state index in [0.29, 0.717) is 12.2 Å². The van der Waals surface area contributed by atoms with Gasteiger partial charge in [-0.2, -0.15) is 0 Å². The lowest BCUT2D eigenvalue weighted by Gasteiger charge is -2.06. The summed E-state index contributed by atoms with van der Waals surface area (Å²) in [5.74, 6) is -0.338. The molecule has 0 aliphatic carbocycles. The van der Waals surface area contributed by atoms with Gasteiger partial charge in [-0.05, 0) is 12.2 Å². The molecule has 0 bridgehead atoms. The summed E-state index contributed by atoms with van der Waals surface area (Å²) in [5, 5.41) is 0. The third-order valence-electron chi connectivity index (χ3n) is 1.31. The van der Waals surface area contributed by atoms with Crippen molar-refractivity contribution in [2.24, 2.45) is 0 Å². The maximum atomic E-state index is 11.1. The number of carbonyl (C=O) groups excluding carboxylic acids is 1. The molecule has 1 rings (SSSR count). The molecule has 0 saturated heterocycles. The number of hydrogen-bond acceptors (Lipinski definition) is 3. The number of ether oxygens (including phenoxy) is 2. The summed E-state index contributed by atoms with van der Waals surface area (Å²) in [5.41, 5.74) is 0.531. The van der Waals surface area contributed by atoms with Gasteiger partial charge >= 0.3 is 5.97 Å². The maximum Gasteiger partial charge on any atom is 0.338 e. The Morgan fingerprint density at radius 1 is 1.83 bits per heavy atom. The van der Waals surface area contributed by atoms with Crippen LogP contribution in [0.4, 0.5) is 0 Å². The van der Waals surface area contributed by atoms with E-state index in [0.717, 1.165) is 0 Å². The van der Waals surface area contributed by atoms with Crippen LogP contribution in [0.2, 0.25) is 0 Å². The van der Waals surface area contributed by atoms with Crippen molar-refractivity contribution >= 4 is 5.97 Å². The highest BCUT2D eigenvalue weighted by Gasteiger charge is 2.08. The zero-order valence-corrected chi connectivity index (χ0v) is 6.66. The van der Waals surface area contributed by atoms with Crippen molar-refractivity contribution in [3.63, 3.8) is 0 Å². The molecular weight excluding hydrogens is 156 g/mol. The van der Waals surface area contributed by atoms with Gasteiger partial charge in [-0.25, -0.2) is 4.79 Å². The fourth-order valence-corrected chi connectivity index (χ4v) is 0.752. The van der Waals surface area contributed by atoms with Crippen LogP contribution in [0.25, 0.3) is 0 Å². The van der Waals surface area contributed by atoms with E-state index in [1.165, 1.54) is 12.3 Å². The molecule has 0 aromatic heterocycles. The normalized spacial score (nSPS) is 14.5. The summed E-state index contributed by atoms with van der Waals surface area (Å²) in [4.78, 5) is 11.1. The van der Waals surface area contributed by atoms with Gasteiger partial charge in [-0.1, -0.05) is 12.7 Å². The van der Waals surface area contributed by atoms with Gasteiger partial charge < -0.3 is 9.47 Å². The Hall–Kier alpha value is -1.51. The van der Waals surface area contributed by atoms with Gasteiger partial charge in [-0.15, -0.1) is 0 Å². The van der Waals surface area contributed by atoms with Gasteiger partial charge in [0.1, 0.15) is 13.2 Å². The summed E-state index contributed by atoms with van der Waals surface area (Å²) in [7, 11) is 0. The van der Waals surface area contributed by atoms with Gasteiger partial charge in [-0.3, -0.25) is 0 Å². The van der Waals surface area contributed by atoms with Crippen LogP contribution in [-0.4, -0.2) is 19.2 Å². The van der Waals surface area contributed by atoms with E-state index in [-0.39, 0.29) is 12.6 Å². The Morgan fingerprint density at radius 2 is 2.67 bits per heavy atom. The van der Waals surface area contributed by atoms with Crippen molar-refractivity contribution < 1.29 is 14.3 Å². The summed E-state index contributed by atoms with van der Waals surface area (Å²) in [6, 6.07) is 0. The van der Waals surface area contributed by atoms with E-state index in [1.807, 2.05) is 0 Å². The SMILES string of the molecule is C=CCOC(=O)C1=CCOC=C1. The minimum absolute atomic E-state index is 0.241. The summed E-state index contributed by atoms with van der Waals surface area (Å²) in [6.07, 6.45) is 6.26. The molecule has 1 heterocycles. The predicted molar refractivity (Wildman–Crippen MR) is 44.3 cm³/mol. The molecule has 0 amide bonds. The van der Waals surface area contributed by atoms with Crippen molar-refractivity contribution in [2.45, 2.75) is 0 Å².